The van der Waals surface area contributed by atoms with Crippen molar-refractivity contribution >= 4 is 28.2 Å². The zero-order chi connectivity index (χ0) is 17.4. The number of alkyl halides is 3. The molecule has 10 heteroatoms. The molecule has 0 saturated carbocycles. The highest BCUT2D eigenvalue weighted by Crippen LogP contribution is 2.30. The Morgan fingerprint density at radius 3 is 2.52 bits per heavy atom. The monoisotopic (exact) mass is 347 g/mol. The summed E-state index contributed by atoms with van der Waals surface area (Å²) >= 11 is 1.11. The minimum atomic E-state index is -4.65. The minimum Gasteiger partial charge on any atom is -0.465 e. The second-order valence-corrected chi connectivity index (χ2v) is 5.84. The number of methoxy groups -OCH3 is 1. The van der Waals surface area contributed by atoms with Crippen LogP contribution >= 0.6 is 11.3 Å². The molecule has 1 N–H and O–H groups in total. The fraction of sp³-hybridized carbons (Fsp3) is 0.308. The Kier molecular flexibility index (Phi) is 4.46. The van der Waals surface area contributed by atoms with Gasteiger partial charge in [0.05, 0.1) is 12.7 Å². The van der Waals surface area contributed by atoms with Gasteiger partial charge in [-0.25, -0.2) is 4.79 Å². The predicted molar refractivity (Wildman–Crippen MR) is 76.6 cm³/mol. The van der Waals surface area contributed by atoms with Gasteiger partial charge in [-0.15, -0.1) is 11.3 Å². The average molecular weight is 347 g/mol. The minimum absolute atomic E-state index is 0.140. The summed E-state index contributed by atoms with van der Waals surface area (Å²) in [6, 6.07) is 2.17. The molecule has 0 aromatic carbocycles. The molecule has 0 aliphatic rings. The summed E-state index contributed by atoms with van der Waals surface area (Å²) in [5, 5.41) is 5.89. The maximum absolute atomic E-state index is 12.6. The normalized spacial score (nSPS) is 11.4. The van der Waals surface area contributed by atoms with Crippen molar-refractivity contribution in [3.05, 3.63) is 34.0 Å². The molecule has 0 atom stereocenters. The molecule has 23 heavy (non-hydrogen) atoms. The number of amides is 1. The molecule has 2 heterocycles. The topological polar surface area (TPSA) is 73.2 Å². The first-order valence-electron chi connectivity index (χ1n) is 6.24. The number of hydrogen-bond acceptors (Lipinski definition) is 5. The van der Waals surface area contributed by atoms with E-state index in [1.165, 1.54) is 20.2 Å². The number of ether oxygens (including phenoxy) is 1. The quantitative estimate of drug-likeness (QED) is 0.867. The molecule has 0 bridgehead atoms. The molecule has 124 valence electrons. The first-order chi connectivity index (χ1) is 10.6. The maximum Gasteiger partial charge on any atom is 0.435 e. The predicted octanol–water partition coefficient (Wildman–Crippen LogP) is 2.85. The third kappa shape index (κ3) is 3.52. The van der Waals surface area contributed by atoms with Crippen LogP contribution in [0.3, 0.4) is 0 Å². The number of esters is 1. The number of halogens is 3. The molecule has 2 aromatic heterocycles. The van der Waals surface area contributed by atoms with Crippen LogP contribution in [0, 0.1) is 6.92 Å². The molecular formula is C13H12F3N3O3S. The zero-order valence-electron chi connectivity index (χ0n) is 12.3. The van der Waals surface area contributed by atoms with Gasteiger partial charge in [0.2, 0.25) is 0 Å². The molecule has 0 aliphatic carbocycles. The van der Waals surface area contributed by atoms with Crippen LogP contribution in [-0.2, 0) is 18.0 Å². The molecule has 0 saturated heterocycles. The molecule has 0 spiro atoms. The van der Waals surface area contributed by atoms with Crippen molar-refractivity contribution < 1.29 is 27.5 Å². The lowest BCUT2D eigenvalue weighted by Crippen LogP contribution is -2.17. The molecule has 1 amide bonds. The van der Waals surface area contributed by atoms with Crippen LogP contribution in [0.2, 0.25) is 0 Å². The van der Waals surface area contributed by atoms with Crippen LogP contribution in [0.4, 0.5) is 18.2 Å². The fourth-order valence-corrected chi connectivity index (χ4v) is 2.75. The summed E-state index contributed by atoms with van der Waals surface area (Å²) in [6.45, 7) is 1.72. The van der Waals surface area contributed by atoms with E-state index >= 15 is 0 Å². The highest BCUT2D eigenvalue weighted by Gasteiger charge is 2.35. The van der Waals surface area contributed by atoms with Crippen LogP contribution in [0.5, 0.6) is 0 Å². The van der Waals surface area contributed by atoms with Crippen molar-refractivity contribution in [3.63, 3.8) is 0 Å². The van der Waals surface area contributed by atoms with Gasteiger partial charge in [-0.05, 0) is 13.0 Å². The van der Waals surface area contributed by atoms with Crippen molar-refractivity contribution in [3.8, 4) is 0 Å². The van der Waals surface area contributed by atoms with Gasteiger partial charge >= 0.3 is 12.1 Å². The van der Waals surface area contributed by atoms with Gasteiger partial charge in [0.15, 0.2) is 5.69 Å². The summed E-state index contributed by atoms with van der Waals surface area (Å²) in [5.41, 5.74) is -1.30. The molecule has 0 fully saturated rings. The fourth-order valence-electron chi connectivity index (χ4n) is 1.85. The number of carbonyl (C=O) groups is 2. The number of rotatable bonds is 3. The van der Waals surface area contributed by atoms with Crippen molar-refractivity contribution in [1.82, 2.24) is 9.78 Å². The van der Waals surface area contributed by atoms with Gasteiger partial charge in [-0.2, -0.15) is 18.3 Å². The van der Waals surface area contributed by atoms with Crippen molar-refractivity contribution in [2.45, 2.75) is 13.1 Å². The van der Waals surface area contributed by atoms with Gasteiger partial charge in [-0.3, -0.25) is 9.48 Å². The standard InChI is InChI=1S/C13H12F3N3O3S/c1-6-4-7(12(21)22-3)11(23-6)17-10(20)8-5-9(13(14,15)16)18-19(8)2/h4-5H,1-3H3,(H,17,20). The van der Waals surface area contributed by atoms with Gasteiger partial charge < -0.3 is 10.1 Å². The molecule has 0 aliphatic heterocycles. The van der Waals surface area contributed by atoms with Crippen molar-refractivity contribution in [2.24, 2.45) is 7.05 Å². The number of carbonyl (C=O) groups excluding carboxylic acids is 2. The SMILES string of the molecule is COC(=O)c1cc(C)sc1NC(=O)c1cc(C(F)(F)F)nn1C. The van der Waals surface area contributed by atoms with E-state index in [0.717, 1.165) is 20.9 Å². The summed E-state index contributed by atoms with van der Waals surface area (Å²) in [7, 11) is 2.42. The first kappa shape index (κ1) is 17.0. The van der Waals surface area contributed by atoms with Crippen molar-refractivity contribution in [2.75, 3.05) is 12.4 Å². The van der Waals surface area contributed by atoms with Crippen LogP contribution in [-0.4, -0.2) is 28.8 Å². The summed E-state index contributed by atoms with van der Waals surface area (Å²) in [4.78, 5) is 24.5. The summed E-state index contributed by atoms with van der Waals surface area (Å²) in [5.74, 6) is -1.45. The lowest BCUT2D eigenvalue weighted by Gasteiger charge is -2.05. The zero-order valence-corrected chi connectivity index (χ0v) is 13.1. The highest BCUT2D eigenvalue weighted by atomic mass is 32.1. The third-order valence-corrected chi connectivity index (χ3v) is 3.86. The Bertz CT molecular complexity index is 764. The second kappa shape index (κ2) is 6.03. The Hall–Kier alpha value is -2.36. The van der Waals surface area contributed by atoms with E-state index in [2.05, 4.69) is 15.2 Å². The Morgan fingerprint density at radius 2 is 2.00 bits per heavy atom. The first-order valence-corrected chi connectivity index (χ1v) is 7.06. The lowest BCUT2D eigenvalue weighted by molar-refractivity contribution is -0.141. The summed E-state index contributed by atoms with van der Waals surface area (Å²) in [6.07, 6.45) is -4.65. The number of anilines is 1. The number of nitrogens with zero attached hydrogens (tertiary/aromatic N) is 2. The lowest BCUT2D eigenvalue weighted by atomic mass is 10.3. The number of nitrogens with one attached hydrogen (secondary N) is 1. The van der Waals surface area contributed by atoms with Crippen LogP contribution in [0.1, 0.15) is 31.4 Å². The number of thiophene rings is 1. The molecule has 0 unspecified atom stereocenters. The highest BCUT2D eigenvalue weighted by molar-refractivity contribution is 7.16. The van der Waals surface area contributed by atoms with E-state index in [4.69, 9.17) is 0 Å². The van der Waals surface area contributed by atoms with E-state index in [0.29, 0.717) is 6.07 Å². The van der Waals surface area contributed by atoms with E-state index in [1.807, 2.05) is 0 Å². The van der Waals surface area contributed by atoms with Gasteiger partial charge in [-0.1, -0.05) is 0 Å². The Labute approximate surface area is 132 Å². The summed E-state index contributed by atoms with van der Waals surface area (Å²) < 4.78 is 43.3. The molecule has 2 rings (SSSR count). The largest absolute Gasteiger partial charge is 0.465 e. The van der Waals surface area contributed by atoms with E-state index in [-0.39, 0.29) is 16.3 Å². The molecule has 0 radical (unpaired) electrons. The number of hydrogen-bond donors (Lipinski definition) is 1. The molecule has 6 nitrogen and oxygen atoms in total. The molecular weight excluding hydrogens is 335 g/mol. The van der Waals surface area contributed by atoms with E-state index in [9.17, 15) is 22.8 Å². The van der Waals surface area contributed by atoms with Gasteiger partial charge in [0.1, 0.15) is 10.7 Å². The number of aryl methyl sites for hydroxylation is 2. The van der Waals surface area contributed by atoms with Crippen LogP contribution in [0.25, 0.3) is 0 Å². The van der Waals surface area contributed by atoms with Gasteiger partial charge in [0, 0.05) is 18.0 Å². The smallest absolute Gasteiger partial charge is 0.435 e. The Balaban J connectivity index is 2.30. The third-order valence-electron chi connectivity index (χ3n) is 2.89. The molecule has 2 aromatic rings. The van der Waals surface area contributed by atoms with Gasteiger partial charge in [0.25, 0.3) is 5.91 Å². The average Bonchev–Trinajstić information content (AvgIpc) is 3.00. The maximum atomic E-state index is 12.6. The Morgan fingerprint density at radius 1 is 1.35 bits per heavy atom. The van der Waals surface area contributed by atoms with Crippen LogP contribution < -0.4 is 5.32 Å². The number of aromatic nitrogens is 2. The van der Waals surface area contributed by atoms with Crippen molar-refractivity contribution in [1.29, 1.82) is 0 Å². The van der Waals surface area contributed by atoms with E-state index < -0.39 is 23.7 Å². The second-order valence-electron chi connectivity index (χ2n) is 4.58. The van der Waals surface area contributed by atoms with Crippen LogP contribution in [0.15, 0.2) is 12.1 Å². The van der Waals surface area contributed by atoms with E-state index in [1.54, 1.807) is 6.92 Å².